The van der Waals surface area contributed by atoms with Crippen molar-refractivity contribution in [3.05, 3.63) is 33.4 Å². The minimum absolute atomic E-state index is 0.731. The van der Waals surface area contributed by atoms with Crippen LogP contribution in [-0.4, -0.2) is 23.1 Å². The van der Waals surface area contributed by atoms with Gasteiger partial charge in [0.05, 0.1) is 4.88 Å². The molecular formula is C16H20BrN3S. The summed E-state index contributed by atoms with van der Waals surface area (Å²) in [5.74, 6) is 1.60. The van der Waals surface area contributed by atoms with Crippen LogP contribution in [0.4, 0.5) is 0 Å². The van der Waals surface area contributed by atoms with E-state index in [-0.39, 0.29) is 0 Å². The van der Waals surface area contributed by atoms with Gasteiger partial charge in [0.2, 0.25) is 0 Å². The molecule has 0 spiro atoms. The Morgan fingerprint density at radius 1 is 1.48 bits per heavy atom. The summed E-state index contributed by atoms with van der Waals surface area (Å²) in [6.07, 6.45) is 6.66. The number of thiophene rings is 1. The van der Waals surface area contributed by atoms with Gasteiger partial charge in [0, 0.05) is 21.7 Å². The molecule has 2 heterocycles. The largest absolute Gasteiger partial charge is 0.316 e. The number of halogens is 1. The standard InChI is InChI=1S/C16H20BrN3S/c1-2-5-18-8-11-3-4-14-12(6-11)9-19-16(20-14)15-7-13(17)10-21-15/h7,9-11,18H,2-6,8H2,1H3. The molecule has 0 aromatic carbocycles. The molecule has 21 heavy (non-hydrogen) atoms. The van der Waals surface area contributed by atoms with Gasteiger partial charge in [0.15, 0.2) is 5.82 Å². The maximum atomic E-state index is 4.79. The summed E-state index contributed by atoms with van der Waals surface area (Å²) >= 11 is 5.18. The zero-order valence-corrected chi connectivity index (χ0v) is 14.6. The molecule has 0 amide bonds. The van der Waals surface area contributed by atoms with Crippen molar-refractivity contribution in [2.24, 2.45) is 5.92 Å². The molecule has 1 aliphatic rings. The molecule has 1 aliphatic carbocycles. The molecule has 2 aromatic heterocycles. The third-order valence-corrected chi connectivity index (χ3v) is 5.59. The number of hydrogen-bond donors (Lipinski definition) is 1. The average molecular weight is 366 g/mol. The normalized spacial score (nSPS) is 17.7. The Morgan fingerprint density at radius 2 is 2.38 bits per heavy atom. The molecule has 0 fully saturated rings. The molecule has 0 aliphatic heterocycles. The lowest BCUT2D eigenvalue weighted by molar-refractivity contribution is 0.420. The number of nitrogens with zero attached hydrogens (tertiary/aromatic N) is 2. The molecule has 3 nitrogen and oxygen atoms in total. The van der Waals surface area contributed by atoms with Crippen molar-refractivity contribution in [1.29, 1.82) is 0 Å². The minimum Gasteiger partial charge on any atom is -0.316 e. The van der Waals surface area contributed by atoms with Gasteiger partial charge in [-0.25, -0.2) is 9.97 Å². The molecular weight excluding hydrogens is 346 g/mol. The molecule has 0 radical (unpaired) electrons. The van der Waals surface area contributed by atoms with Gasteiger partial charge >= 0.3 is 0 Å². The van der Waals surface area contributed by atoms with Crippen LogP contribution in [0.1, 0.15) is 31.0 Å². The summed E-state index contributed by atoms with van der Waals surface area (Å²) in [5, 5.41) is 5.61. The van der Waals surface area contributed by atoms with E-state index in [0.717, 1.165) is 47.0 Å². The number of aromatic nitrogens is 2. The Kier molecular flexibility index (Phi) is 5.03. The Balaban J connectivity index is 1.71. The van der Waals surface area contributed by atoms with Crippen molar-refractivity contribution in [2.75, 3.05) is 13.1 Å². The van der Waals surface area contributed by atoms with Crippen molar-refractivity contribution in [2.45, 2.75) is 32.6 Å². The van der Waals surface area contributed by atoms with Gasteiger partial charge in [-0.05, 0) is 72.3 Å². The van der Waals surface area contributed by atoms with E-state index in [9.17, 15) is 0 Å². The highest BCUT2D eigenvalue weighted by Crippen LogP contribution is 2.30. The highest BCUT2D eigenvalue weighted by atomic mass is 79.9. The number of rotatable bonds is 5. The third kappa shape index (κ3) is 3.71. The molecule has 0 bridgehead atoms. The van der Waals surface area contributed by atoms with Gasteiger partial charge in [-0.3, -0.25) is 0 Å². The first-order valence-electron chi connectivity index (χ1n) is 7.56. The number of hydrogen-bond acceptors (Lipinski definition) is 4. The molecule has 1 unspecified atom stereocenters. The van der Waals surface area contributed by atoms with Crippen molar-refractivity contribution >= 4 is 27.3 Å². The predicted octanol–water partition coefficient (Wildman–Crippen LogP) is 4.07. The van der Waals surface area contributed by atoms with E-state index >= 15 is 0 Å². The summed E-state index contributed by atoms with van der Waals surface area (Å²) in [6, 6.07) is 2.09. The van der Waals surface area contributed by atoms with Crippen molar-refractivity contribution in [1.82, 2.24) is 15.3 Å². The van der Waals surface area contributed by atoms with E-state index in [2.05, 4.69) is 44.6 Å². The summed E-state index contributed by atoms with van der Waals surface area (Å²) in [5.41, 5.74) is 2.58. The van der Waals surface area contributed by atoms with E-state index in [1.807, 2.05) is 6.20 Å². The van der Waals surface area contributed by atoms with Crippen LogP contribution in [0.2, 0.25) is 0 Å². The maximum absolute atomic E-state index is 4.79. The molecule has 1 N–H and O–H groups in total. The Bertz CT molecular complexity index is 611. The zero-order valence-electron chi connectivity index (χ0n) is 12.2. The van der Waals surface area contributed by atoms with Crippen LogP contribution in [-0.2, 0) is 12.8 Å². The van der Waals surface area contributed by atoms with Crippen LogP contribution in [0.25, 0.3) is 10.7 Å². The van der Waals surface area contributed by atoms with E-state index in [0.29, 0.717) is 0 Å². The van der Waals surface area contributed by atoms with Crippen molar-refractivity contribution in [3.63, 3.8) is 0 Å². The lowest BCUT2D eigenvalue weighted by atomic mass is 9.87. The van der Waals surface area contributed by atoms with Crippen LogP contribution in [0.3, 0.4) is 0 Å². The number of aryl methyl sites for hydroxylation is 1. The van der Waals surface area contributed by atoms with Gasteiger partial charge in [-0.1, -0.05) is 6.92 Å². The molecule has 0 saturated heterocycles. The first-order valence-corrected chi connectivity index (χ1v) is 9.23. The smallest absolute Gasteiger partial charge is 0.169 e. The Morgan fingerprint density at radius 3 is 3.14 bits per heavy atom. The Hall–Kier alpha value is -0.780. The Labute approximate surface area is 138 Å². The van der Waals surface area contributed by atoms with Crippen molar-refractivity contribution < 1.29 is 0 Å². The van der Waals surface area contributed by atoms with E-state index in [1.165, 1.54) is 24.1 Å². The molecule has 5 heteroatoms. The van der Waals surface area contributed by atoms with Crippen LogP contribution in [0.5, 0.6) is 0 Å². The molecule has 0 saturated carbocycles. The first-order chi connectivity index (χ1) is 10.3. The highest BCUT2D eigenvalue weighted by Gasteiger charge is 2.20. The molecule has 1 atom stereocenters. The second-order valence-corrected chi connectivity index (χ2v) is 7.43. The van der Waals surface area contributed by atoms with E-state index < -0.39 is 0 Å². The quantitative estimate of drug-likeness (QED) is 0.811. The van der Waals surface area contributed by atoms with Crippen LogP contribution in [0.15, 0.2) is 22.1 Å². The lowest BCUT2D eigenvalue weighted by Crippen LogP contribution is -2.28. The fourth-order valence-corrected chi connectivity index (χ4v) is 4.16. The monoisotopic (exact) mass is 365 g/mol. The summed E-state index contributed by atoms with van der Waals surface area (Å²) in [4.78, 5) is 10.5. The minimum atomic E-state index is 0.731. The van der Waals surface area contributed by atoms with Gasteiger partial charge < -0.3 is 5.32 Å². The van der Waals surface area contributed by atoms with Crippen molar-refractivity contribution in [3.8, 4) is 10.7 Å². The van der Waals surface area contributed by atoms with E-state index in [4.69, 9.17) is 4.98 Å². The average Bonchev–Trinajstić information content (AvgIpc) is 2.93. The summed E-state index contributed by atoms with van der Waals surface area (Å²) in [6.45, 7) is 4.44. The zero-order chi connectivity index (χ0) is 14.7. The molecule has 2 aromatic rings. The molecule has 112 valence electrons. The molecule has 3 rings (SSSR count). The highest BCUT2D eigenvalue weighted by molar-refractivity contribution is 9.10. The van der Waals surface area contributed by atoms with E-state index in [1.54, 1.807) is 11.3 Å². The maximum Gasteiger partial charge on any atom is 0.169 e. The van der Waals surface area contributed by atoms with Crippen LogP contribution >= 0.6 is 27.3 Å². The number of fused-ring (bicyclic) bond motifs is 1. The van der Waals surface area contributed by atoms with Crippen LogP contribution in [0, 0.1) is 5.92 Å². The van der Waals surface area contributed by atoms with Crippen LogP contribution < -0.4 is 5.32 Å². The second-order valence-electron chi connectivity index (χ2n) is 5.61. The first kappa shape index (κ1) is 15.1. The van der Waals surface area contributed by atoms with Gasteiger partial charge in [-0.2, -0.15) is 0 Å². The summed E-state index contributed by atoms with van der Waals surface area (Å²) in [7, 11) is 0. The fraction of sp³-hybridized carbons (Fsp3) is 0.500. The summed E-state index contributed by atoms with van der Waals surface area (Å²) < 4.78 is 1.10. The lowest BCUT2D eigenvalue weighted by Gasteiger charge is -2.24. The third-order valence-electron chi connectivity index (χ3n) is 3.90. The SMILES string of the molecule is CCCNCC1CCc2nc(-c3cc(Br)cs3)ncc2C1. The fourth-order valence-electron chi connectivity index (χ4n) is 2.79. The predicted molar refractivity (Wildman–Crippen MR) is 91.7 cm³/mol. The van der Waals surface area contributed by atoms with Gasteiger partial charge in [0.25, 0.3) is 0 Å². The number of nitrogens with one attached hydrogen (secondary N) is 1. The van der Waals surface area contributed by atoms with Gasteiger partial charge in [0.1, 0.15) is 0 Å². The topological polar surface area (TPSA) is 37.8 Å². The van der Waals surface area contributed by atoms with Gasteiger partial charge in [-0.15, -0.1) is 11.3 Å². The second kappa shape index (κ2) is 6.99.